The number of hydrogen-bond donors (Lipinski definition) is 4. The summed E-state index contributed by atoms with van der Waals surface area (Å²) >= 11 is 0. The number of hydrogen-bond acceptors (Lipinski definition) is 10. The lowest BCUT2D eigenvalue weighted by Gasteiger charge is -2.32. The SMILES string of the molecule is Cc1ccc(S(=O)(=O)O)cc1.Cc1ccc(S(=O)(=O)O)cc1.O=C1c2ccc3c4c(ccc(c24)C(=O)N1CCCNCc1ccccc1C(F)(F)F)C(=O)N(CCCNCc1ccccc1C(F)(F)F)C3=O. The van der Waals surface area contributed by atoms with E-state index in [1.165, 1.54) is 84.9 Å². The Kier molecular flexibility index (Phi) is 16.9. The zero-order valence-electron chi connectivity index (χ0n) is 38.3. The molecule has 2 aliphatic heterocycles. The fourth-order valence-corrected chi connectivity index (χ4v) is 8.83. The molecule has 2 aliphatic rings. The van der Waals surface area contributed by atoms with Crippen molar-refractivity contribution >= 4 is 54.6 Å². The third-order valence-corrected chi connectivity index (χ3v) is 13.2. The van der Waals surface area contributed by atoms with Crippen molar-refractivity contribution < 1.29 is 71.5 Å². The van der Waals surface area contributed by atoms with Crippen molar-refractivity contribution in [3.05, 3.63) is 177 Å². The van der Waals surface area contributed by atoms with Crippen LogP contribution in [0, 0.1) is 13.8 Å². The molecule has 4 amide bonds. The van der Waals surface area contributed by atoms with E-state index in [1.54, 1.807) is 24.3 Å². The molecule has 0 saturated carbocycles. The van der Waals surface area contributed by atoms with Crippen LogP contribution < -0.4 is 10.6 Å². The van der Waals surface area contributed by atoms with Crippen LogP contribution in [0.2, 0.25) is 0 Å². The van der Waals surface area contributed by atoms with Gasteiger partial charge in [0.15, 0.2) is 0 Å². The fourth-order valence-electron chi connectivity index (χ4n) is 7.87. The summed E-state index contributed by atoms with van der Waals surface area (Å²) in [4.78, 5) is 56.0. The van der Waals surface area contributed by atoms with E-state index in [0.29, 0.717) is 0 Å². The summed E-state index contributed by atoms with van der Waals surface area (Å²) in [5.41, 5.74) is 1.14. The van der Waals surface area contributed by atoms with Crippen molar-refractivity contribution in [3.8, 4) is 0 Å². The van der Waals surface area contributed by atoms with Crippen LogP contribution in [0.5, 0.6) is 0 Å². The van der Waals surface area contributed by atoms with E-state index in [-0.39, 0.29) is 106 Å². The van der Waals surface area contributed by atoms with Gasteiger partial charge in [-0.1, -0.05) is 71.8 Å². The first kappa shape index (κ1) is 54.5. The van der Waals surface area contributed by atoms with Gasteiger partial charge in [0.05, 0.1) is 20.9 Å². The summed E-state index contributed by atoms with van der Waals surface area (Å²) in [5.74, 6) is -2.47. The maximum absolute atomic E-state index is 13.5. The minimum Gasteiger partial charge on any atom is -0.313 e. The molecule has 0 radical (unpaired) electrons. The molecule has 14 nitrogen and oxygen atoms in total. The number of halogens is 6. The molecule has 0 unspecified atom stereocenters. The number of benzene rings is 6. The minimum absolute atomic E-state index is 0.0164. The first-order valence-electron chi connectivity index (χ1n) is 21.9. The lowest BCUT2D eigenvalue weighted by Crippen LogP contribution is -2.44. The summed E-state index contributed by atoms with van der Waals surface area (Å²) < 4.78 is 139. The van der Waals surface area contributed by atoms with Crippen molar-refractivity contribution in [3.63, 3.8) is 0 Å². The van der Waals surface area contributed by atoms with Gasteiger partial charge in [-0.15, -0.1) is 0 Å². The van der Waals surface area contributed by atoms with Gasteiger partial charge in [-0.25, -0.2) is 0 Å². The molecule has 0 saturated heterocycles. The average Bonchev–Trinajstić information content (AvgIpc) is 3.31. The second kappa shape index (κ2) is 22.3. The molecule has 380 valence electrons. The number of nitrogens with one attached hydrogen (secondary N) is 2. The Morgan fingerprint density at radius 3 is 1.03 bits per heavy atom. The van der Waals surface area contributed by atoms with Crippen LogP contribution in [0.25, 0.3) is 10.8 Å². The number of alkyl halides is 6. The number of amides is 4. The highest BCUT2D eigenvalue weighted by Crippen LogP contribution is 2.38. The molecule has 0 fully saturated rings. The summed E-state index contributed by atoms with van der Waals surface area (Å²) in [5, 5.41) is 6.27. The standard InChI is InChI=1S/C36H30F6N4O4.2C7H8O3S/c37-35(38,39)27-9-3-1-7-21(27)19-43-15-5-17-45-31(47)23-11-13-25-30-26(14-12-24(29(23)30)32(45)48)34(50)46(33(25)49)18-6-16-44-20-22-8-2-4-10-28(22)36(40,41)42;2*1-6-2-4-7(5-3-6)11(8,9)10/h1-4,7-14,43-44H,5-6,15-20H2;2*2-5H,1H3,(H,8,9,10). The summed E-state index contributed by atoms with van der Waals surface area (Å²) in [7, 11) is -8.04. The van der Waals surface area contributed by atoms with Crippen LogP contribution in [-0.2, 0) is 45.7 Å². The van der Waals surface area contributed by atoms with E-state index < -0.39 is 67.3 Å². The molecular weight excluding hydrogens is 995 g/mol. The molecule has 0 bridgehead atoms. The zero-order valence-corrected chi connectivity index (χ0v) is 40.0. The quantitative estimate of drug-likeness (QED) is 0.0349. The van der Waals surface area contributed by atoms with Crippen molar-refractivity contribution in [2.24, 2.45) is 0 Å². The van der Waals surface area contributed by atoms with Gasteiger partial charge in [-0.05, 0) is 112 Å². The van der Waals surface area contributed by atoms with Gasteiger partial charge < -0.3 is 10.6 Å². The minimum atomic E-state index is -4.50. The number of carbonyl (C=O) groups is 4. The third-order valence-electron chi connectivity index (χ3n) is 11.4. The van der Waals surface area contributed by atoms with Crippen LogP contribution >= 0.6 is 0 Å². The van der Waals surface area contributed by atoms with E-state index >= 15 is 0 Å². The van der Waals surface area contributed by atoms with Gasteiger partial charge in [0.1, 0.15) is 0 Å². The maximum Gasteiger partial charge on any atom is 0.416 e. The average molecular weight is 1040 g/mol. The molecular formula is C50H46F6N4O10S2. The molecule has 0 aromatic heterocycles. The Morgan fingerprint density at radius 2 is 0.750 bits per heavy atom. The number of rotatable bonds is 14. The third kappa shape index (κ3) is 13.0. The van der Waals surface area contributed by atoms with Crippen LogP contribution in [0.4, 0.5) is 26.3 Å². The van der Waals surface area contributed by atoms with Crippen LogP contribution in [0.1, 0.15) is 87.7 Å². The van der Waals surface area contributed by atoms with Crippen LogP contribution in [0.3, 0.4) is 0 Å². The smallest absolute Gasteiger partial charge is 0.313 e. The summed E-state index contributed by atoms with van der Waals surface area (Å²) in [6, 6.07) is 28.1. The van der Waals surface area contributed by atoms with Crippen molar-refractivity contribution in [1.29, 1.82) is 0 Å². The number of imide groups is 2. The number of carbonyl (C=O) groups excluding carboxylic acids is 4. The van der Waals surface area contributed by atoms with Crippen LogP contribution in [0.15, 0.2) is 131 Å². The van der Waals surface area contributed by atoms with E-state index in [4.69, 9.17) is 9.11 Å². The molecule has 6 aromatic rings. The monoisotopic (exact) mass is 1040 g/mol. The molecule has 2 heterocycles. The van der Waals surface area contributed by atoms with Crippen molar-refractivity contribution in [2.75, 3.05) is 26.2 Å². The number of aryl methyl sites for hydroxylation is 2. The summed E-state index contributed by atoms with van der Waals surface area (Å²) in [6.07, 6.45) is -8.47. The van der Waals surface area contributed by atoms with Crippen molar-refractivity contribution in [2.45, 2.75) is 61.9 Å². The van der Waals surface area contributed by atoms with Crippen molar-refractivity contribution in [1.82, 2.24) is 20.4 Å². The fraction of sp³-hybridized carbons (Fsp3) is 0.240. The normalized spacial score (nSPS) is 13.7. The zero-order chi connectivity index (χ0) is 52.8. The van der Waals surface area contributed by atoms with Crippen LogP contribution in [-0.4, -0.2) is 85.5 Å². The van der Waals surface area contributed by atoms with Gasteiger partial charge in [-0.2, -0.15) is 43.2 Å². The van der Waals surface area contributed by atoms with Gasteiger partial charge in [0.2, 0.25) is 0 Å². The Labute approximate surface area is 410 Å². The first-order chi connectivity index (χ1) is 33.8. The highest BCUT2D eigenvalue weighted by molar-refractivity contribution is 7.86. The highest BCUT2D eigenvalue weighted by atomic mass is 32.2. The van der Waals surface area contributed by atoms with Gasteiger partial charge in [0.25, 0.3) is 43.9 Å². The van der Waals surface area contributed by atoms with E-state index in [2.05, 4.69) is 10.6 Å². The topological polar surface area (TPSA) is 208 Å². The molecule has 0 spiro atoms. The van der Waals surface area contributed by atoms with Gasteiger partial charge in [0, 0.05) is 59.2 Å². The van der Waals surface area contributed by atoms with Gasteiger partial charge in [-0.3, -0.25) is 38.1 Å². The Bertz CT molecular complexity index is 2950. The second-order valence-corrected chi connectivity index (χ2v) is 19.4. The Hall–Kier alpha value is -6.82. The lowest BCUT2D eigenvalue weighted by molar-refractivity contribution is -0.139. The first-order valence-corrected chi connectivity index (χ1v) is 24.8. The largest absolute Gasteiger partial charge is 0.416 e. The molecule has 72 heavy (non-hydrogen) atoms. The van der Waals surface area contributed by atoms with E-state index in [9.17, 15) is 62.4 Å². The van der Waals surface area contributed by atoms with E-state index in [0.717, 1.165) is 33.1 Å². The van der Waals surface area contributed by atoms with E-state index in [1.807, 2.05) is 13.8 Å². The Balaban J connectivity index is 0.000000315. The highest BCUT2D eigenvalue weighted by Gasteiger charge is 2.40. The molecule has 22 heteroatoms. The van der Waals surface area contributed by atoms with Gasteiger partial charge >= 0.3 is 12.4 Å². The molecule has 4 N–H and O–H groups in total. The lowest BCUT2D eigenvalue weighted by atomic mass is 9.86. The molecule has 6 aromatic carbocycles. The predicted molar refractivity (Wildman–Crippen MR) is 252 cm³/mol. The molecule has 8 rings (SSSR count). The second-order valence-electron chi connectivity index (χ2n) is 16.5. The number of nitrogens with zero attached hydrogens (tertiary/aromatic N) is 2. The summed E-state index contributed by atoms with van der Waals surface area (Å²) in [6.45, 7) is 3.97. The maximum atomic E-state index is 13.5. The Morgan fingerprint density at radius 1 is 0.458 bits per heavy atom. The molecule has 0 atom stereocenters. The predicted octanol–water partition coefficient (Wildman–Crippen LogP) is 8.91. The molecule has 0 aliphatic carbocycles.